The van der Waals surface area contributed by atoms with E-state index in [0.717, 1.165) is 0 Å². The average Bonchev–Trinajstić information content (AvgIpc) is 2.68. The second-order valence-corrected chi connectivity index (χ2v) is 5.37. The van der Waals surface area contributed by atoms with Gasteiger partial charge in [-0.1, -0.05) is 22.6 Å². The molecule has 5 atom stereocenters. The van der Waals surface area contributed by atoms with Gasteiger partial charge in [-0.2, -0.15) is 0 Å². The fraction of sp³-hybridized carbons (Fsp3) is 1.00. The first-order valence-corrected chi connectivity index (χ1v) is 6.79. The summed E-state index contributed by atoms with van der Waals surface area (Å²) in [7, 11) is 1.60. The number of fused-ring (bicyclic) bond motifs is 1. The zero-order valence-electron chi connectivity index (χ0n) is 9.55. The van der Waals surface area contributed by atoms with Gasteiger partial charge in [-0.25, -0.2) is 0 Å². The third-order valence-electron chi connectivity index (χ3n) is 2.84. The maximum Gasteiger partial charge on any atom is 0.190 e. The van der Waals surface area contributed by atoms with E-state index in [-0.39, 0.29) is 18.3 Å². The maximum atomic E-state index is 9.82. The zero-order valence-corrected chi connectivity index (χ0v) is 11.7. The van der Waals surface area contributed by atoms with Crippen molar-refractivity contribution >= 4 is 22.6 Å². The Labute approximate surface area is 109 Å². The predicted molar refractivity (Wildman–Crippen MR) is 64.4 cm³/mol. The van der Waals surface area contributed by atoms with Crippen LogP contribution in [0.2, 0.25) is 0 Å². The second-order valence-electron chi connectivity index (χ2n) is 4.49. The molecule has 94 valence electrons. The van der Waals surface area contributed by atoms with Crippen molar-refractivity contribution in [1.29, 1.82) is 0 Å². The van der Waals surface area contributed by atoms with E-state index >= 15 is 0 Å². The van der Waals surface area contributed by atoms with Gasteiger partial charge in [0.15, 0.2) is 12.1 Å². The van der Waals surface area contributed by atoms with Crippen molar-refractivity contribution in [2.75, 3.05) is 11.5 Å². The van der Waals surface area contributed by atoms with Gasteiger partial charge in [-0.05, 0) is 13.8 Å². The Balaban J connectivity index is 2.09. The maximum absolute atomic E-state index is 9.82. The van der Waals surface area contributed by atoms with Crippen molar-refractivity contribution in [3.63, 3.8) is 0 Å². The number of hydrogen-bond donors (Lipinski definition) is 1. The summed E-state index contributed by atoms with van der Waals surface area (Å²) in [5, 5.41) is 9.82. The van der Waals surface area contributed by atoms with Crippen LogP contribution in [0.4, 0.5) is 0 Å². The van der Waals surface area contributed by atoms with E-state index in [2.05, 4.69) is 22.6 Å². The van der Waals surface area contributed by atoms with Gasteiger partial charge in [0.2, 0.25) is 0 Å². The second kappa shape index (κ2) is 4.66. The Morgan fingerprint density at radius 1 is 1.44 bits per heavy atom. The van der Waals surface area contributed by atoms with Crippen LogP contribution in [0.1, 0.15) is 13.8 Å². The quantitative estimate of drug-likeness (QED) is 0.603. The minimum Gasteiger partial charge on any atom is -0.390 e. The SMILES string of the molecule is CO[C@@H]1[C@H]2OC(C)(C)O[C@H]2O[C@@H]1[C@H](O)CI. The molecule has 6 heteroatoms. The van der Waals surface area contributed by atoms with Crippen LogP contribution in [0.15, 0.2) is 0 Å². The molecule has 2 saturated heterocycles. The molecule has 1 N–H and O–H groups in total. The van der Waals surface area contributed by atoms with Crippen LogP contribution in [0, 0.1) is 0 Å². The fourth-order valence-electron chi connectivity index (χ4n) is 2.17. The zero-order chi connectivity index (χ0) is 11.9. The van der Waals surface area contributed by atoms with Gasteiger partial charge in [0.05, 0.1) is 6.10 Å². The number of methoxy groups -OCH3 is 1. The van der Waals surface area contributed by atoms with Crippen LogP contribution in [0.25, 0.3) is 0 Å². The van der Waals surface area contributed by atoms with Crippen molar-refractivity contribution in [2.45, 2.75) is 50.3 Å². The van der Waals surface area contributed by atoms with E-state index in [1.807, 2.05) is 13.8 Å². The highest BCUT2D eigenvalue weighted by Gasteiger charge is 2.56. The van der Waals surface area contributed by atoms with Gasteiger partial charge >= 0.3 is 0 Å². The molecule has 0 unspecified atom stereocenters. The molecule has 0 aromatic heterocycles. The summed E-state index contributed by atoms with van der Waals surface area (Å²) in [6, 6.07) is 0. The Kier molecular flexibility index (Phi) is 3.78. The van der Waals surface area contributed by atoms with Crippen LogP contribution >= 0.6 is 22.6 Å². The molecule has 2 aliphatic rings. The lowest BCUT2D eigenvalue weighted by Crippen LogP contribution is -2.42. The van der Waals surface area contributed by atoms with E-state index in [4.69, 9.17) is 18.9 Å². The van der Waals surface area contributed by atoms with E-state index in [1.54, 1.807) is 7.11 Å². The van der Waals surface area contributed by atoms with Crippen LogP contribution in [0.3, 0.4) is 0 Å². The number of alkyl halides is 1. The van der Waals surface area contributed by atoms with Gasteiger partial charge in [0.25, 0.3) is 0 Å². The summed E-state index contributed by atoms with van der Waals surface area (Å²) in [5.41, 5.74) is 0. The van der Waals surface area contributed by atoms with Gasteiger partial charge in [0, 0.05) is 11.5 Å². The smallest absolute Gasteiger partial charge is 0.190 e. The minimum absolute atomic E-state index is 0.261. The first-order chi connectivity index (χ1) is 7.48. The van der Waals surface area contributed by atoms with E-state index in [1.165, 1.54) is 0 Å². The topological polar surface area (TPSA) is 57.2 Å². The van der Waals surface area contributed by atoms with E-state index in [9.17, 15) is 5.11 Å². The Hall–Kier alpha value is 0.530. The van der Waals surface area contributed by atoms with Crippen LogP contribution in [-0.2, 0) is 18.9 Å². The molecule has 0 aromatic carbocycles. The lowest BCUT2D eigenvalue weighted by atomic mass is 10.1. The highest BCUT2D eigenvalue weighted by atomic mass is 127. The van der Waals surface area contributed by atoms with Crippen molar-refractivity contribution in [3.8, 4) is 0 Å². The number of hydrogen-bond acceptors (Lipinski definition) is 5. The number of halogens is 1. The minimum atomic E-state index is -0.646. The normalized spacial score (nSPS) is 43.3. The highest BCUT2D eigenvalue weighted by Crippen LogP contribution is 2.39. The van der Waals surface area contributed by atoms with Crippen molar-refractivity contribution in [3.05, 3.63) is 0 Å². The lowest BCUT2D eigenvalue weighted by molar-refractivity contribution is -0.226. The fourth-order valence-corrected chi connectivity index (χ4v) is 2.67. The molecule has 2 fully saturated rings. The standard InChI is InChI=1S/C10H17IO5/c1-10(2)15-8-7(13-3)6(5(12)4-11)14-9(8)16-10/h5-9,12H,4H2,1-3H3/t5-,6-,7+,8-,9-/m1/s1. The van der Waals surface area contributed by atoms with Crippen molar-refractivity contribution < 1.29 is 24.1 Å². The molecule has 5 nitrogen and oxygen atoms in total. The van der Waals surface area contributed by atoms with Crippen LogP contribution in [0.5, 0.6) is 0 Å². The summed E-state index contributed by atoms with van der Waals surface area (Å²) in [5.74, 6) is -0.646. The molecule has 0 aromatic rings. The Bertz CT molecular complexity index is 260. The third-order valence-corrected chi connectivity index (χ3v) is 3.74. The molecule has 2 heterocycles. The molecule has 0 spiro atoms. The van der Waals surface area contributed by atoms with E-state index < -0.39 is 18.2 Å². The summed E-state index contributed by atoms with van der Waals surface area (Å²) in [6.45, 7) is 3.68. The molecular formula is C10H17IO5. The van der Waals surface area contributed by atoms with Gasteiger partial charge in [0.1, 0.15) is 18.3 Å². The average molecular weight is 344 g/mol. The number of aliphatic hydroxyl groups excluding tert-OH is 1. The largest absolute Gasteiger partial charge is 0.390 e. The van der Waals surface area contributed by atoms with E-state index in [0.29, 0.717) is 4.43 Å². The molecule has 0 bridgehead atoms. The first-order valence-electron chi connectivity index (χ1n) is 5.26. The molecule has 0 saturated carbocycles. The summed E-state index contributed by atoms with van der Waals surface area (Å²) < 4.78 is 22.9. The monoisotopic (exact) mass is 344 g/mol. The molecule has 0 radical (unpaired) electrons. The molecule has 0 amide bonds. The summed E-state index contributed by atoms with van der Waals surface area (Å²) in [6.07, 6.45) is -1.93. The van der Waals surface area contributed by atoms with Crippen LogP contribution < -0.4 is 0 Å². The van der Waals surface area contributed by atoms with Crippen molar-refractivity contribution in [1.82, 2.24) is 0 Å². The molecule has 0 aliphatic carbocycles. The number of rotatable bonds is 3. The Morgan fingerprint density at radius 3 is 2.69 bits per heavy atom. The first kappa shape index (κ1) is 13.0. The van der Waals surface area contributed by atoms with Gasteiger partial charge < -0.3 is 24.1 Å². The van der Waals surface area contributed by atoms with Gasteiger partial charge in [-0.15, -0.1) is 0 Å². The van der Waals surface area contributed by atoms with Gasteiger partial charge in [-0.3, -0.25) is 0 Å². The highest BCUT2D eigenvalue weighted by molar-refractivity contribution is 14.1. The van der Waals surface area contributed by atoms with Crippen LogP contribution in [-0.4, -0.2) is 53.1 Å². The predicted octanol–water partition coefficient (Wildman–Crippen LogP) is 0.674. The third kappa shape index (κ3) is 2.23. The molecular weight excluding hydrogens is 327 g/mol. The summed E-state index contributed by atoms with van der Waals surface area (Å²) >= 11 is 2.11. The molecule has 16 heavy (non-hydrogen) atoms. The molecule has 2 aliphatic heterocycles. The molecule has 2 rings (SSSR count). The Morgan fingerprint density at radius 2 is 2.12 bits per heavy atom. The number of ether oxygens (including phenoxy) is 4. The lowest BCUT2D eigenvalue weighted by Gasteiger charge is -2.26. The van der Waals surface area contributed by atoms with Crippen molar-refractivity contribution in [2.24, 2.45) is 0 Å². The number of aliphatic hydroxyl groups is 1. The summed E-state index contributed by atoms with van der Waals surface area (Å²) in [4.78, 5) is 0.